The van der Waals surface area contributed by atoms with Crippen LogP contribution in [0.5, 0.6) is 0 Å². The summed E-state index contributed by atoms with van der Waals surface area (Å²) in [6, 6.07) is 0. The molecule has 1 nitrogen and oxygen atoms in total. The molecule has 0 radical (unpaired) electrons. The minimum Gasteiger partial charge on any atom is -0.497 e. The minimum absolute atomic E-state index is 0.918. The molecular formula is C9H16O. The summed E-state index contributed by atoms with van der Waals surface area (Å²) in [6.07, 6.45) is 4.09. The lowest BCUT2D eigenvalue weighted by Gasteiger charge is -2.06. The van der Waals surface area contributed by atoms with E-state index in [4.69, 9.17) is 4.74 Å². The Bertz CT molecular complexity index is 134. The largest absolute Gasteiger partial charge is 0.497 e. The Morgan fingerprint density at radius 1 is 1.60 bits per heavy atom. The van der Waals surface area contributed by atoms with Crippen LogP contribution in [-0.4, -0.2) is 7.11 Å². The Hall–Kier alpha value is -0.720. The summed E-state index contributed by atoms with van der Waals surface area (Å²) in [5, 5.41) is 0. The van der Waals surface area contributed by atoms with Crippen molar-refractivity contribution in [2.24, 2.45) is 0 Å². The summed E-state index contributed by atoms with van der Waals surface area (Å²) in [6.45, 7) is 7.98. The van der Waals surface area contributed by atoms with Crippen molar-refractivity contribution in [1.29, 1.82) is 0 Å². The smallest absolute Gasteiger partial charge is 0.117 e. The molecule has 0 aliphatic rings. The van der Waals surface area contributed by atoms with Crippen LogP contribution >= 0.6 is 0 Å². The van der Waals surface area contributed by atoms with Crippen molar-refractivity contribution in [3.63, 3.8) is 0 Å². The summed E-state index contributed by atoms with van der Waals surface area (Å²) < 4.78 is 5.08. The summed E-state index contributed by atoms with van der Waals surface area (Å²) in [5.74, 6) is 0.918. The molecule has 0 aromatic heterocycles. The predicted molar refractivity (Wildman–Crippen MR) is 44.8 cm³/mol. The number of rotatable bonds is 4. The van der Waals surface area contributed by atoms with E-state index in [0.29, 0.717) is 0 Å². The van der Waals surface area contributed by atoms with Gasteiger partial charge in [0.05, 0.1) is 7.11 Å². The van der Waals surface area contributed by atoms with Crippen LogP contribution in [-0.2, 0) is 4.74 Å². The molecule has 0 rings (SSSR count). The first kappa shape index (κ1) is 9.28. The van der Waals surface area contributed by atoms with Gasteiger partial charge in [-0.2, -0.15) is 0 Å². The molecule has 0 aliphatic carbocycles. The van der Waals surface area contributed by atoms with E-state index in [1.54, 1.807) is 7.11 Å². The lowest BCUT2D eigenvalue weighted by molar-refractivity contribution is 0.298. The van der Waals surface area contributed by atoms with E-state index in [1.807, 2.05) is 13.0 Å². The predicted octanol–water partition coefficient (Wildman–Crippen LogP) is 2.89. The summed E-state index contributed by atoms with van der Waals surface area (Å²) in [5.41, 5.74) is 1.09. The van der Waals surface area contributed by atoms with Gasteiger partial charge in [0.25, 0.3) is 0 Å². The van der Waals surface area contributed by atoms with Crippen LogP contribution in [0.3, 0.4) is 0 Å². The molecule has 0 fully saturated rings. The fourth-order valence-corrected chi connectivity index (χ4v) is 0.891. The molecule has 0 unspecified atom stereocenters. The van der Waals surface area contributed by atoms with Crippen LogP contribution in [0.15, 0.2) is 24.0 Å². The van der Waals surface area contributed by atoms with Gasteiger partial charge in [-0.05, 0) is 25.0 Å². The fraction of sp³-hybridized carbons (Fsp3) is 0.556. The van der Waals surface area contributed by atoms with Gasteiger partial charge in [0, 0.05) is 0 Å². The highest BCUT2D eigenvalue weighted by Crippen LogP contribution is 2.13. The lowest BCUT2D eigenvalue weighted by Crippen LogP contribution is -1.89. The zero-order valence-corrected chi connectivity index (χ0v) is 7.11. The molecule has 0 saturated carbocycles. The van der Waals surface area contributed by atoms with E-state index in [0.717, 1.165) is 24.2 Å². The van der Waals surface area contributed by atoms with E-state index in [1.165, 1.54) is 0 Å². The second-order valence-electron chi connectivity index (χ2n) is 2.21. The average molecular weight is 140 g/mol. The van der Waals surface area contributed by atoms with Crippen molar-refractivity contribution in [3.05, 3.63) is 24.0 Å². The molecule has 0 aromatic rings. The third kappa shape index (κ3) is 2.72. The first-order valence-corrected chi connectivity index (χ1v) is 3.64. The Morgan fingerprint density at radius 3 is 2.50 bits per heavy atom. The van der Waals surface area contributed by atoms with Crippen LogP contribution in [0.25, 0.3) is 0 Å². The minimum atomic E-state index is 0.918. The zero-order chi connectivity index (χ0) is 7.98. The van der Waals surface area contributed by atoms with Crippen molar-refractivity contribution in [2.75, 3.05) is 7.11 Å². The molecule has 58 valence electrons. The SMILES string of the molecule is C=C(CCC)/C(=C\C)OC. The molecule has 0 heterocycles. The number of ether oxygens (including phenoxy) is 1. The third-order valence-electron chi connectivity index (χ3n) is 1.38. The van der Waals surface area contributed by atoms with E-state index in [9.17, 15) is 0 Å². The summed E-state index contributed by atoms with van der Waals surface area (Å²) in [4.78, 5) is 0. The van der Waals surface area contributed by atoms with E-state index < -0.39 is 0 Å². The Balaban J connectivity index is 3.91. The first-order valence-electron chi connectivity index (χ1n) is 3.64. The molecule has 10 heavy (non-hydrogen) atoms. The number of methoxy groups -OCH3 is 1. The fourth-order valence-electron chi connectivity index (χ4n) is 0.891. The maximum atomic E-state index is 5.08. The van der Waals surface area contributed by atoms with Gasteiger partial charge in [-0.25, -0.2) is 0 Å². The van der Waals surface area contributed by atoms with Crippen LogP contribution in [0, 0.1) is 0 Å². The molecule has 0 N–H and O–H groups in total. The Kier molecular flexibility index (Phi) is 4.73. The molecule has 0 spiro atoms. The third-order valence-corrected chi connectivity index (χ3v) is 1.38. The highest BCUT2D eigenvalue weighted by molar-refractivity contribution is 5.21. The maximum Gasteiger partial charge on any atom is 0.117 e. The maximum absolute atomic E-state index is 5.08. The molecule has 0 amide bonds. The topological polar surface area (TPSA) is 9.23 Å². The second kappa shape index (κ2) is 5.10. The molecule has 1 heteroatoms. The lowest BCUT2D eigenvalue weighted by atomic mass is 10.1. The summed E-state index contributed by atoms with van der Waals surface area (Å²) >= 11 is 0. The standard InChI is InChI=1S/C9H16O/c1-5-7-8(3)9(6-2)10-4/h6H,3,5,7H2,1-2,4H3/b9-6+. The molecule has 0 atom stereocenters. The van der Waals surface area contributed by atoms with Crippen molar-refractivity contribution < 1.29 is 4.74 Å². The highest BCUT2D eigenvalue weighted by atomic mass is 16.5. The molecule has 0 aliphatic heterocycles. The highest BCUT2D eigenvalue weighted by Gasteiger charge is 1.97. The van der Waals surface area contributed by atoms with Crippen LogP contribution < -0.4 is 0 Å². The van der Waals surface area contributed by atoms with Gasteiger partial charge < -0.3 is 4.74 Å². The first-order chi connectivity index (χ1) is 4.76. The van der Waals surface area contributed by atoms with Crippen molar-refractivity contribution in [1.82, 2.24) is 0 Å². The second-order valence-corrected chi connectivity index (χ2v) is 2.21. The summed E-state index contributed by atoms with van der Waals surface area (Å²) in [7, 11) is 1.68. The van der Waals surface area contributed by atoms with E-state index in [2.05, 4.69) is 13.5 Å². The van der Waals surface area contributed by atoms with E-state index in [-0.39, 0.29) is 0 Å². The van der Waals surface area contributed by atoms with Crippen LogP contribution in [0.4, 0.5) is 0 Å². The van der Waals surface area contributed by atoms with Gasteiger partial charge in [0.15, 0.2) is 0 Å². The number of hydrogen-bond donors (Lipinski definition) is 0. The van der Waals surface area contributed by atoms with E-state index >= 15 is 0 Å². The molecule has 0 aromatic carbocycles. The van der Waals surface area contributed by atoms with Gasteiger partial charge in [-0.3, -0.25) is 0 Å². The number of hydrogen-bond acceptors (Lipinski definition) is 1. The normalized spacial score (nSPS) is 11.3. The van der Waals surface area contributed by atoms with Crippen molar-refractivity contribution in [3.8, 4) is 0 Å². The van der Waals surface area contributed by atoms with Gasteiger partial charge in [-0.1, -0.05) is 19.9 Å². The van der Waals surface area contributed by atoms with Crippen LogP contribution in [0.1, 0.15) is 26.7 Å². The van der Waals surface area contributed by atoms with Gasteiger partial charge in [0.2, 0.25) is 0 Å². The van der Waals surface area contributed by atoms with Gasteiger partial charge in [0.1, 0.15) is 5.76 Å². The monoisotopic (exact) mass is 140 g/mol. The van der Waals surface area contributed by atoms with Gasteiger partial charge >= 0.3 is 0 Å². The Morgan fingerprint density at radius 2 is 2.20 bits per heavy atom. The molecular weight excluding hydrogens is 124 g/mol. The average Bonchev–Trinajstić information content (AvgIpc) is 1.91. The Labute approximate surface area is 63.4 Å². The zero-order valence-electron chi connectivity index (χ0n) is 7.11. The number of allylic oxidation sites excluding steroid dienone is 2. The van der Waals surface area contributed by atoms with Crippen molar-refractivity contribution in [2.45, 2.75) is 26.7 Å². The van der Waals surface area contributed by atoms with Crippen LogP contribution in [0.2, 0.25) is 0 Å². The molecule has 0 bridgehead atoms. The quantitative estimate of drug-likeness (QED) is 0.431. The molecule has 0 saturated heterocycles. The van der Waals surface area contributed by atoms with Gasteiger partial charge in [-0.15, -0.1) is 0 Å². The van der Waals surface area contributed by atoms with Crippen molar-refractivity contribution >= 4 is 0 Å².